The Morgan fingerprint density at radius 2 is 1.15 bits per heavy atom. The molecule has 0 heterocycles. The van der Waals surface area contributed by atoms with Crippen molar-refractivity contribution >= 4 is 17.1 Å². The molecule has 0 saturated heterocycles. The van der Waals surface area contributed by atoms with Crippen molar-refractivity contribution in [2.75, 3.05) is 34.3 Å². The molecular weight excluding hydrogens is 428 g/mol. The largest absolute Gasteiger partial charge is 0.494 e. The van der Waals surface area contributed by atoms with E-state index in [-0.39, 0.29) is 5.69 Å². The molecule has 7 nitrogen and oxygen atoms in total. The Balaban J connectivity index is 1.49. The van der Waals surface area contributed by atoms with Crippen molar-refractivity contribution in [1.29, 1.82) is 0 Å². The SMILES string of the molecule is C[N+](C)(C)CCCCCCCCCCCCOc1ccc(N=Nc2ccc([N+](=O)[O-])cc2)cc1. The molecule has 2 rings (SSSR count). The number of unbranched alkanes of at least 4 members (excludes halogenated alkanes) is 9. The van der Waals surface area contributed by atoms with E-state index in [1.54, 1.807) is 12.1 Å². The van der Waals surface area contributed by atoms with E-state index in [1.165, 1.54) is 76.5 Å². The number of non-ortho nitro benzene ring substituents is 1. The summed E-state index contributed by atoms with van der Waals surface area (Å²) in [4.78, 5) is 10.3. The monoisotopic (exact) mass is 469 g/mol. The predicted molar refractivity (Wildman–Crippen MR) is 138 cm³/mol. The number of benzene rings is 2. The Kier molecular flexibility index (Phi) is 12.2. The maximum atomic E-state index is 10.7. The van der Waals surface area contributed by atoms with Gasteiger partial charge in [-0.1, -0.05) is 44.9 Å². The third-order valence-corrected chi connectivity index (χ3v) is 5.67. The van der Waals surface area contributed by atoms with E-state index in [2.05, 4.69) is 31.4 Å². The van der Waals surface area contributed by atoms with Crippen molar-refractivity contribution < 1.29 is 14.1 Å². The van der Waals surface area contributed by atoms with Crippen molar-refractivity contribution in [1.82, 2.24) is 0 Å². The lowest BCUT2D eigenvalue weighted by Crippen LogP contribution is -2.35. The number of hydrogen-bond acceptors (Lipinski definition) is 5. The third-order valence-electron chi connectivity index (χ3n) is 5.67. The van der Waals surface area contributed by atoms with Crippen LogP contribution in [0.3, 0.4) is 0 Å². The molecule has 0 aliphatic rings. The number of ether oxygens (including phenoxy) is 1. The first-order valence-corrected chi connectivity index (χ1v) is 12.5. The van der Waals surface area contributed by atoms with Crippen LogP contribution in [0, 0.1) is 10.1 Å². The van der Waals surface area contributed by atoms with Crippen LogP contribution in [0.1, 0.15) is 64.2 Å². The topological polar surface area (TPSA) is 77.1 Å². The molecule has 2 aromatic carbocycles. The van der Waals surface area contributed by atoms with Crippen LogP contribution in [0.2, 0.25) is 0 Å². The molecule has 0 spiro atoms. The van der Waals surface area contributed by atoms with Gasteiger partial charge in [0, 0.05) is 12.1 Å². The highest BCUT2D eigenvalue weighted by Gasteiger charge is 2.05. The average molecular weight is 470 g/mol. The minimum Gasteiger partial charge on any atom is -0.494 e. The van der Waals surface area contributed by atoms with Crippen LogP contribution in [-0.2, 0) is 0 Å². The molecular formula is C27H41N4O3+. The van der Waals surface area contributed by atoms with Crippen molar-refractivity contribution in [2.24, 2.45) is 10.2 Å². The molecule has 0 aliphatic heterocycles. The molecule has 0 bridgehead atoms. The Bertz CT molecular complexity index is 859. The number of nitro benzene ring substituents is 1. The highest BCUT2D eigenvalue weighted by atomic mass is 16.6. The number of rotatable bonds is 17. The smallest absolute Gasteiger partial charge is 0.269 e. The van der Waals surface area contributed by atoms with Crippen LogP contribution >= 0.6 is 0 Å². The van der Waals surface area contributed by atoms with Crippen LogP contribution in [0.25, 0.3) is 0 Å². The van der Waals surface area contributed by atoms with E-state index >= 15 is 0 Å². The van der Waals surface area contributed by atoms with Gasteiger partial charge in [0.1, 0.15) is 5.75 Å². The van der Waals surface area contributed by atoms with Gasteiger partial charge in [0.2, 0.25) is 0 Å². The van der Waals surface area contributed by atoms with Crippen LogP contribution < -0.4 is 4.74 Å². The quantitative estimate of drug-likeness (QED) is 0.0774. The average Bonchev–Trinajstić information content (AvgIpc) is 2.81. The van der Waals surface area contributed by atoms with Gasteiger partial charge in [-0.3, -0.25) is 10.1 Å². The van der Waals surface area contributed by atoms with Crippen LogP contribution in [0.4, 0.5) is 17.1 Å². The highest BCUT2D eigenvalue weighted by Crippen LogP contribution is 2.23. The zero-order valence-electron chi connectivity index (χ0n) is 21.1. The molecule has 0 aliphatic carbocycles. The molecule has 2 aromatic rings. The second kappa shape index (κ2) is 15.2. The lowest BCUT2D eigenvalue weighted by atomic mass is 10.1. The maximum Gasteiger partial charge on any atom is 0.269 e. The Labute approximate surface area is 204 Å². The Hall–Kier alpha value is -2.80. The summed E-state index contributed by atoms with van der Waals surface area (Å²) in [5.41, 5.74) is 1.32. The van der Waals surface area contributed by atoms with Gasteiger partial charge in [0.15, 0.2) is 0 Å². The number of nitrogens with zero attached hydrogens (tertiary/aromatic N) is 4. The van der Waals surface area contributed by atoms with Crippen LogP contribution in [0.15, 0.2) is 58.8 Å². The summed E-state index contributed by atoms with van der Waals surface area (Å²) < 4.78 is 6.90. The third kappa shape index (κ3) is 12.4. The minimum absolute atomic E-state index is 0.0393. The van der Waals surface area contributed by atoms with Gasteiger partial charge in [-0.05, 0) is 55.7 Å². The van der Waals surface area contributed by atoms with Gasteiger partial charge in [0.05, 0.1) is 50.6 Å². The fourth-order valence-electron chi connectivity index (χ4n) is 3.66. The molecule has 0 aromatic heterocycles. The zero-order chi connectivity index (χ0) is 24.7. The number of azo groups is 1. The van der Waals surface area contributed by atoms with E-state index in [1.807, 2.05) is 24.3 Å². The molecule has 0 atom stereocenters. The molecule has 0 N–H and O–H groups in total. The van der Waals surface area contributed by atoms with Crippen molar-refractivity contribution in [3.05, 3.63) is 58.6 Å². The molecule has 0 amide bonds. The lowest BCUT2D eigenvalue weighted by molar-refractivity contribution is -0.870. The summed E-state index contributed by atoms with van der Waals surface area (Å²) >= 11 is 0. The standard InChI is InChI=1S/C27H41N4O3/c1-31(2,3)22-12-10-8-6-4-5-7-9-11-13-23-34-27-20-16-25(17-21-27)29-28-24-14-18-26(19-15-24)30(32)33/h14-21H,4-13,22-23H2,1-3H3/q+1. The van der Waals surface area contributed by atoms with E-state index in [9.17, 15) is 10.1 Å². The summed E-state index contributed by atoms with van der Waals surface area (Å²) in [5, 5.41) is 19.0. The summed E-state index contributed by atoms with van der Waals surface area (Å²) in [7, 11) is 6.80. The first-order valence-electron chi connectivity index (χ1n) is 12.5. The number of nitro groups is 1. The van der Waals surface area contributed by atoms with E-state index < -0.39 is 4.92 Å². The molecule has 0 unspecified atom stereocenters. The molecule has 34 heavy (non-hydrogen) atoms. The van der Waals surface area contributed by atoms with Crippen molar-refractivity contribution in [3.8, 4) is 5.75 Å². The van der Waals surface area contributed by atoms with E-state index in [0.717, 1.165) is 23.3 Å². The van der Waals surface area contributed by atoms with Gasteiger partial charge in [-0.15, -0.1) is 0 Å². The van der Waals surface area contributed by atoms with Crippen molar-refractivity contribution in [3.63, 3.8) is 0 Å². The molecule has 0 saturated carbocycles. The summed E-state index contributed by atoms with van der Waals surface area (Å²) in [6.45, 7) is 2.01. The fourth-order valence-corrected chi connectivity index (χ4v) is 3.66. The summed E-state index contributed by atoms with van der Waals surface area (Å²) in [5.74, 6) is 0.833. The fraction of sp³-hybridized carbons (Fsp3) is 0.556. The van der Waals surface area contributed by atoms with Gasteiger partial charge in [0.25, 0.3) is 5.69 Å². The van der Waals surface area contributed by atoms with Gasteiger partial charge < -0.3 is 9.22 Å². The maximum absolute atomic E-state index is 10.7. The summed E-state index contributed by atoms with van der Waals surface area (Å²) in [6, 6.07) is 13.5. The van der Waals surface area contributed by atoms with Crippen LogP contribution in [-0.4, -0.2) is 43.7 Å². The lowest BCUT2D eigenvalue weighted by Gasteiger charge is -2.23. The van der Waals surface area contributed by atoms with E-state index in [4.69, 9.17) is 4.74 Å². The first-order chi connectivity index (χ1) is 16.3. The van der Waals surface area contributed by atoms with Crippen molar-refractivity contribution in [2.45, 2.75) is 64.2 Å². The zero-order valence-corrected chi connectivity index (χ0v) is 21.1. The Morgan fingerprint density at radius 1 is 0.706 bits per heavy atom. The summed E-state index contributed by atoms with van der Waals surface area (Å²) in [6.07, 6.45) is 13.1. The molecule has 0 fully saturated rings. The first kappa shape index (κ1) is 27.4. The van der Waals surface area contributed by atoms with E-state index in [0.29, 0.717) is 11.4 Å². The second-order valence-electron chi connectivity index (χ2n) is 9.87. The number of quaternary nitrogens is 1. The van der Waals surface area contributed by atoms with Gasteiger partial charge in [-0.2, -0.15) is 10.2 Å². The minimum atomic E-state index is -0.434. The van der Waals surface area contributed by atoms with Gasteiger partial charge >= 0.3 is 0 Å². The Morgan fingerprint density at radius 3 is 1.62 bits per heavy atom. The second-order valence-corrected chi connectivity index (χ2v) is 9.87. The molecule has 7 heteroatoms. The number of hydrogen-bond donors (Lipinski definition) is 0. The van der Waals surface area contributed by atoms with Gasteiger partial charge in [-0.25, -0.2) is 0 Å². The highest BCUT2D eigenvalue weighted by molar-refractivity contribution is 5.45. The molecule has 0 radical (unpaired) electrons. The van der Waals surface area contributed by atoms with Crippen LogP contribution in [0.5, 0.6) is 5.75 Å². The predicted octanol–water partition coefficient (Wildman–Crippen LogP) is 8.00. The normalized spacial score (nSPS) is 11.7. The molecule has 186 valence electrons.